The van der Waals surface area contributed by atoms with Crippen LogP contribution >= 0.6 is 0 Å². The van der Waals surface area contributed by atoms with E-state index >= 15 is 0 Å². The molecule has 0 radical (unpaired) electrons. The predicted molar refractivity (Wildman–Crippen MR) is 82.3 cm³/mol. The molecule has 2 amide bonds. The SMILES string of the molecule is CCC(CCN)CCC(=O)N(C)CC(=O)N(CC)CC. The van der Waals surface area contributed by atoms with E-state index in [0.29, 0.717) is 32.0 Å². The molecule has 118 valence electrons. The summed E-state index contributed by atoms with van der Waals surface area (Å²) < 4.78 is 0. The molecule has 0 rings (SSSR count). The largest absolute Gasteiger partial charge is 0.342 e. The molecule has 0 aromatic rings. The molecule has 5 nitrogen and oxygen atoms in total. The van der Waals surface area contributed by atoms with E-state index in [-0.39, 0.29) is 18.4 Å². The quantitative estimate of drug-likeness (QED) is 0.661. The van der Waals surface area contributed by atoms with Gasteiger partial charge in [0.15, 0.2) is 0 Å². The summed E-state index contributed by atoms with van der Waals surface area (Å²) in [5.41, 5.74) is 5.56. The zero-order chi connectivity index (χ0) is 15.5. The van der Waals surface area contributed by atoms with Crippen molar-refractivity contribution in [3.63, 3.8) is 0 Å². The lowest BCUT2D eigenvalue weighted by molar-refractivity contribution is -0.139. The van der Waals surface area contributed by atoms with Gasteiger partial charge in [-0.1, -0.05) is 13.3 Å². The maximum absolute atomic E-state index is 12.0. The lowest BCUT2D eigenvalue weighted by Crippen LogP contribution is -2.41. The third kappa shape index (κ3) is 6.89. The standard InChI is InChI=1S/C15H31N3O2/c1-5-13(10-11-16)8-9-14(19)17(4)12-15(20)18(6-2)7-3/h13H,5-12,16H2,1-4H3. The van der Waals surface area contributed by atoms with E-state index in [1.807, 2.05) is 13.8 Å². The molecule has 0 aliphatic carbocycles. The van der Waals surface area contributed by atoms with Crippen LogP contribution in [0.2, 0.25) is 0 Å². The van der Waals surface area contributed by atoms with Crippen LogP contribution in [0.15, 0.2) is 0 Å². The fourth-order valence-corrected chi connectivity index (χ4v) is 2.27. The molecule has 5 heteroatoms. The first-order chi connectivity index (χ1) is 9.49. The molecular weight excluding hydrogens is 254 g/mol. The Bertz CT molecular complexity index is 291. The third-order valence-corrected chi connectivity index (χ3v) is 3.83. The third-order valence-electron chi connectivity index (χ3n) is 3.83. The first kappa shape index (κ1) is 18.9. The molecule has 1 unspecified atom stereocenters. The van der Waals surface area contributed by atoms with Crippen LogP contribution in [0.25, 0.3) is 0 Å². The van der Waals surface area contributed by atoms with Crippen LogP contribution in [-0.4, -0.2) is 54.8 Å². The zero-order valence-corrected chi connectivity index (χ0v) is 13.5. The minimum absolute atomic E-state index is 0.0137. The Morgan fingerprint density at radius 3 is 2.10 bits per heavy atom. The van der Waals surface area contributed by atoms with Gasteiger partial charge in [0.25, 0.3) is 0 Å². The number of carbonyl (C=O) groups is 2. The summed E-state index contributed by atoms with van der Waals surface area (Å²) >= 11 is 0. The Labute approximate surface area is 123 Å². The summed E-state index contributed by atoms with van der Waals surface area (Å²) in [4.78, 5) is 27.2. The van der Waals surface area contributed by atoms with Crippen molar-refractivity contribution in [2.45, 2.75) is 46.5 Å². The summed E-state index contributed by atoms with van der Waals surface area (Å²) in [7, 11) is 1.70. The average molecular weight is 285 g/mol. The molecule has 0 bridgehead atoms. The van der Waals surface area contributed by atoms with Gasteiger partial charge in [-0.2, -0.15) is 0 Å². The Hall–Kier alpha value is -1.10. The number of likely N-dealkylation sites (N-methyl/N-ethyl adjacent to an activating group) is 2. The summed E-state index contributed by atoms with van der Waals surface area (Å²) in [6.45, 7) is 8.23. The first-order valence-electron chi connectivity index (χ1n) is 7.71. The van der Waals surface area contributed by atoms with Crippen LogP contribution < -0.4 is 5.73 Å². The minimum atomic E-state index is 0.0137. The van der Waals surface area contributed by atoms with Crippen LogP contribution in [-0.2, 0) is 9.59 Å². The molecule has 0 fully saturated rings. The molecule has 0 aliphatic heterocycles. The molecule has 0 aromatic carbocycles. The number of amides is 2. The highest BCUT2D eigenvalue weighted by Gasteiger charge is 2.17. The van der Waals surface area contributed by atoms with Crippen molar-refractivity contribution < 1.29 is 9.59 Å². The number of rotatable bonds is 10. The van der Waals surface area contributed by atoms with E-state index in [0.717, 1.165) is 19.3 Å². The molecule has 0 heterocycles. The molecule has 0 aliphatic rings. The van der Waals surface area contributed by atoms with Gasteiger partial charge in [-0.15, -0.1) is 0 Å². The fourth-order valence-electron chi connectivity index (χ4n) is 2.27. The molecule has 1 atom stereocenters. The topological polar surface area (TPSA) is 66.6 Å². The van der Waals surface area contributed by atoms with Gasteiger partial charge in [0.2, 0.25) is 11.8 Å². The van der Waals surface area contributed by atoms with Crippen LogP contribution in [0.1, 0.15) is 46.5 Å². The Balaban J connectivity index is 4.18. The highest BCUT2D eigenvalue weighted by Crippen LogP contribution is 2.15. The Morgan fingerprint density at radius 1 is 1.05 bits per heavy atom. The van der Waals surface area contributed by atoms with Crippen LogP contribution in [0.5, 0.6) is 0 Å². The van der Waals surface area contributed by atoms with Gasteiger partial charge >= 0.3 is 0 Å². The summed E-state index contributed by atoms with van der Waals surface area (Å²) in [5.74, 6) is 0.566. The highest BCUT2D eigenvalue weighted by atomic mass is 16.2. The van der Waals surface area contributed by atoms with Gasteiger partial charge in [0, 0.05) is 26.6 Å². The second-order valence-corrected chi connectivity index (χ2v) is 5.21. The zero-order valence-electron chi connectivity index (χ0n) is 13.5. The van der Waals surface area contributed by atoms with E-state index in [2.05, 4.69) is 6.92 Å². The van der Waals surface area contributed by atoms with Gasteiger partial charge < -0.3 is 15.5 Å². The van der Waals surface area contributed by atoms with Crippen molar-refractivity contribution in [3.8, 4) is 0 Å². The Morgan fingerprint density at radius 2 is 1.65 bits per heavy atom. The van der Waals surface area contributed by atoms with Gasteiger partial charge in [-0.25, -0.2) is 0 Å². The molecule has 0 spiro atoms. The number of carbonyl (C=O) groups excluding carboxylic acids is 2. The van der Waals surface area contributed by atoms with E-state index in [9.17, 15) is 9.59 Å². The van der Waals surface area contributed by atoms with Crippen molar-refractivity contribution >= 4 is 11.8 Å². The summed E-state index contributed by atoms with van der Waals surface area (Å²) in [5, 5.41) is 0. The maximum atomic E-state index is 12.0. The second kappa shape index (κ2) is 10.7. The lowest BCUT2D eigenvalue weighted by atomic mass is 9.96. The van der Waals surface area contributed by atoms with Crippen LogP contribution in [0, 0.1) is 5.92 Å². The first-order valence-corrected chi connectivity index (χ1v) is 7.71. The molecule has 20 heavy (non-hydrogen) atoms. The summed E-state index contributed by atoms with van der Waals surface area (Å²) in [6.07, 6.45) is 3.37. The maximum Gasteiger partial charge on any atom is 0.242 e. The smallest absolute Gasteiger partial charge is 0.242 e. The fraction of sp³-hybridized carbons (Fsp3) is 0.867. The Kier molecular flexibility index (Phi) is 10.1. The number of hydrogen-bond acceptors (Lipinski definition) is 3. The van der Waals surface area contributed by atoms with Crippen molar-refractivity contribution in [1.29, 1.82) is 0 Å². The van der Waals surface area contributed by atoms with Gasteiger partial charge in [0.1, 0.15) is 0 Å². The number of nitrogens with two attached hydrogens (primary N) is 1. The molecule has 0 saturated heterocycles. The van der Waals surface area contributed by atoms with Crippen LogP contribution in [0.3, 0.4) is 0 Å². The van der Waals surface area contributed by atoms with Crippen molar-refractivity contribution in [2.24, 2.45) is 11.7 Å². The number of nitrogens with zero attached hydrogens (tertiary/aromatic N) is 2. The highest BCUT2D eigenvalue weighted by molar-refractivity contribution is 5.84. The van der Waals surface area contributed by atoms with E-state index in [1.165, 1.54) is 4.90 Å². The van der Waals surface area contributed by atoms with Crippen molar-refractivity contribution in [3.05, 3.63) is 0 Å². The molecular formula is C15H31N3O2. The molecule has 2 N–H and O–H groups in total. The normalized spacial score (nSPS) is 12.1. The van der Waals surface area contributed by atoms with Gasteiger partial charge in [-0.05, 0) is 39.2 Å². The average Bonchev–Trinajstić information content (AvgIpc) is 2.44. The molecule has 0 saturated carbocycles. The van der Waals surface area contributed by atoms with Crippen molar-refractivity contribution in [2.75, 3.05) is 33.2 Å². The van der Waals surface area contributed by atoms with E-state index < -0.39 is 0 Å². The van der Waals surface area contributed by atoms with Gasteiger partial charge in [0.05, 0.1) is 6.54 Å². The van der Waals surface area contributed by atoms with Gasteiger partial charge in [-0.3, -0.25) is 9.59 Å². The minimum Gasteiger partial charge on any atom is -0.342 e. The predicted octanol–water partition coefficient (Wildman–Crippen LogP) is 1.47. The number of hydrogen-bond donors (Lipinski definition) is 1. The monoisotopic (exact) mass is 285 g/mol. The van der Waals surface area contributed by atoms with Crippen molar-refractivity contribution in [1.82, 2.24) is 9.80 Å². The second-order valence-electron chi connectivity index (χ2n) is 5.21. The summed E-state index contributed by atoms with van der Waals surface area (Å²) in [6, 6.07) is 0. The van der Waals surface area contributed by atoms with Crippen LogP contribution in [0.4, 0.5) is 0 Å². The van der Waals surface area contributed by atoms with E-state index in [4.69, 9.17) is 5.73 Å². The van der Waals surface area contributed by atoms with E-state index in [1.54, 1.807) is 11.9 Å². The lowest BCUT2D eigenvalue weighted by Gasteiger charge is -2.23. The molecule has 0 aromatic heterocycles.